The van der Waals surface area contributed by atoms with Crippen LogP contribution < -0.4 is 10.2 Å². The quantitative estimate of drug-likeness (QED) is 0.940. The molecule has 2 aromatic rings. The van der Waals surface area contributed by atoms with Crippen molar-refractivity contribution in [2.45, 2.75) is 25.4 Å². The molecule has 6 heteroatoms. The molecule has 3 rings (SSSR count). The number of nitriles is 1. The van der Waals surface area contributed by atoms with Crippen molar-refractivity contribution in [3.05, 3.63) is 47.8 Å². The van der Waals surface area contributed by atoms with Crippen molar-refractivity contribution in [3.8, 4) is 6.07 Å². The average Bonchev–Trinajstić information content (AvgIpc) is 2.98. The minimum atomic E-state index is -0.323. The molecule has 1 atom stereocenters. The van der Waals surface area contributed by atoms with Gasteiger partial charge in [0.25, 0.3) is 0 Å². The Morgan fingerprint density at radius 3 is 3.04 bits per heavy atom. The largest absolute Gasteiger partial charge is 0.368 e. The average molecular weight is 313 g/mol. The molecule has 1 aliphatic rings. The Morgan fingerprint density at radius 2 is 2.35 bits per heavy atom. The predicted molar refractivity (Wildman–Crippen MR) is 86.4 cm³/mol. The molecule has 0 bridgehead atoms. The molecule has 1 aromatic heterocycles. The highest BCUT2D eigenvalue weighted by atomic mass is 19.1. The molecule has 120 valence electrons. The highest BCUT2D eigenvalue weighted by Crippen LogP contribution is 2.24. The van der Waals surface area contributed by atoms with Gasteiger partial charge in [-0.05, 0) is 31.0 Å². The number of hydrogen-bond acceptors (Lipinski definition) is 4. The monoisotopic (exact) mass is 313 g/mol. The van der Waals surface area contributed by atoms with Gasteiger partial charge in [0, 0.05) is 38.9 Å². The van der Waals surface area contributed by atoms with E-state index in [2.05, 4.69) is 15.2 Å². The van der Waals surface area contributed by atoms with Gasteiger partial charge >= 0.3 is 0 Å². The topological polar surface area (TPSA) is 56.9 Å². The maximum Gasteiger partial charge on any atom is 0.147 e. The van der Waals surface area contributed by atoms with Gasteiger partial charge in [0.1, 0.15) is 5.82 Å². The van der Waals surface area contributed by atoms with Crippen LogP contribution in [0.25, 0.3) is 0 Å². The Labute approximate surface area is 135 Å². The Hall–Kier alpha value is -2.39. The number of aromatic nitrogens is 2. The van der Waals surface area contributed by atoms with E-state index in [0.717, 1.165) is 38.2 Å². The molecule has 0 spiro atoms. The lowest BCUT2D eigenvalue weighted by atomic mass is 10.0. The number of nitrogens with zero attached hydrogens (tertiary/aromatic N) is 4. The van der Waals surface area contributed by atoms with Gasteiger partial charge in [-0.3, -0.25) is 0 Å². The van der Waals surface area contributed by atoms with Crippen molar-refractivity contribution in [1.82, 2.24) is 14.9 Å². The molecule has 1 unspecified atom stereocenters. The number of imidazole rings is 1. The van der Waals surface area contributed by atoms with E-state index in [1.54, 1.807) is 18.5 Å². The minimum absolute atomic E-state index is 0.314. The lowest BCUT2D eigenvalue weighted by Crippen LogP contribution is -2.46. The first-order chi connectivity index (χ1) is 11.2. The standard InChI is InChI=1S/C17H20FN5/c1-22-12-20-9-15(22)10-21-14-3-2-6-23(11-14)17-5-4-13(8-19)7-16(17)18/h4-5,7,9,12,14,21H,2-3,6,10-11H2,1H3. The molecular formula is C17H20FN5. The number of aryl methyl sites for hydroxylation is 1. The summed E-state index contributed by atoms with van der Waals surface area (Å²) in [4.78, 5) is 6.17. The maximum absolute atomic E-state index is 14.2. The third-order valence-electron chi connectivity index (χ3n) is 4.33. The first-order valence-corrected chi connectivity index (χ1v) is 7.80. The van der Waals surface area contributed by atoms with Crippen LogP contribution in [0, 0.1) is 17.1 Å². The van der Waals surface area contributed by atoms with Gasteiger partial charge in [-0.2, -0.15) is 5.26 Å². The Balaban J connectivity index is 1.64. The summed E-state index contributed by atoms with van der Waals surface area (Å²) in [5, 5.41) is 12.4. The maximum atomic E-state index is 14.2. The van der Waals surface area contributed by atoms with E-state index in [4.69, 9.17) is 5.26 Å². The Morgan fingerprint density at radius 1 is 1.48 bits per heavy atom. The second-order valence-corrected chi connectivity index (χ2v) is 5.94. The van der Waals surface area contributed by atoms with Crippen LogP contribution in [0.4, 0.5) is 10.1 Å². The van der Waals surface area contributed by atoms with Gasteiger partial charge in [-0.25, -0.2) is 9.37 Å². The van der Waals surface area contributed by atoms with E-state index >= 15 is 0 Å². The Kier molecular flexibility index (Phi) is 4.58. The molecule has 0 aliphatic carbocycles. The molecular weight excluding hydrogens is 293 g/mol. The molecule has 1 saturated heterocycles. The van der Waals surface area contributed by atoms with Crippen LogP contribution in [0.2, 0.25) is 0 Å². The number of piperidine rings is 1. The van der Waals surface area contributed by atoms with Crippen molar-refractivity contribution in [2.75, 3.05) is 18.0 Å². The molecule has 5 nitrogen and oxygen atoms in total. The lowest BCUT2D eigenvalue weighted by Gasteiger charge is -2.35. The van der Waals surface area contributed by atoms with E-state index in [1.807, 2.05) is 23.9 Å². The second kappa shape index (κ2) is 6.80. The Bertz CT molecular complexity index is 718. The van der Waals surface area contributed by atoms with Crippen molar-refractivity contribution < 1.29 is 4.39 Å². The molecule has 0 amide bonds. The van der Waals surface area contributed by atoms with E-state index in [9.17, 15) is 4.39 Å². The summed E-state index contributed by atoms with van der Waals surface area (Å²) in [7, 11) is 1.98. The van der Waals surface area contributed by atoms with Gasteiger partial charge < -0.3 is 14.8 Å². The number of hydrogen-bond donors (Lipinski definition) is 1. The number of halogens is 1. The number of anilines is 1. The number of benzene rings is 1. The highest BCUT2D eigenvalue weighted by Gasteiger charge is 2.22. The molecule has 1 aromatic carbocycles. The van der Waals surface area contributed by atoms with E-state index in [0.29, 0.717) is 17.3 Å². The van der Waals surface area contributed by atoms with Crippen LogP contribution >= 0.6 is 0 Å². The van der Waals surface area contributed by atoms with Crippen molar-refractivity contribution >= 4 is 5.69 Å². The van der Waals surface area contributed by atoms with Gasteiger partial charge in [-0.15, -0.1) is 0 Å². The van der Waals surface area contributed by atoms with Crippen molar-refractivity contribution in [3.63, 3.8) is 0 Å². The summed E-state index contributed by atoms with van der Waals surface area (Å²) in [5.41, 5.74) is 2.07. The van der Waals surface area contributed by atoms with Crippen LogP contribution in [0.15, 0.2) is 30.7 Å². The molecule has 1 aliphatic heterocycles. The third-order valence-corrected chi connectivity index (χ3v) is 4.33. The third kappa shape index (κ3) is 3.51. The SMILES string of the molecule is Cn1cncc1CNC1CCCN(c2ccc(C#N)cc2F)C1. The summed E-state index contributed by atoms with van der Waals surface area (Å²) in [6, 6.07) is 6.97. The zero-order chi connectivity index (χ0) is 16.2. The fourth-order valence-corrected chi connectivity index (χ4v) is 3.00. The summed E-state index contributed by atoms with van der Waals surface area (Å²) < 4.78 is 16.2. The summed E-state index contributed by atoms with van der Waals surface area (Å²) in [6.07, 6.45) is 5.74. The fourth-order valence-electron chi connectivity index (χ4n) is 3.00. The molecule has 0 radical (unpaired) electrons. The first-order valence-electron chi connectivity index (χ1n) is 7.80. The van der Waals surface area contributed by atoms with Crippen molar-refractivity contribution in [2.24, 2.45) is 7.05 Å². The van der Waals surface area contributed by atoms with Crippen LogP contribution in [0.5, 0.6) is 0 Å². The predicted octanol–water partition coefficient (Wildman–Crippen LogP) is 2.19. The zero-order valence-electron chi connectivity index (χ0n) is 13.2. The highest BCUT2D eigenvalue weighted by molar-refractivity contribution is 5.51. The lowest BCUT2D eigenvalue weighted by molar-refractivity contribution is 0.414. The fraction of sp³-hybridized carbons (Fsp3) is 0.412. The van der Waals surface area contributed by atoms with Gasteiger partial charge in [0.15, 0.2) is 0 Å². The molecule has 2 heterocycles. The normalized spacial score (nSPS) is 18.0. The van der Waals surface area contributed by atoms with E-state index < -0.39 is 0 Å². The first kappa shape index (κ1) is 15.5. The van der Waals surface area contributed by atoms with E-state index in [-0.39, 0.29) is 5.82 Å². The van der Waals surface area contributed by atoms with Gasteiger partial charge in [-0.1, -0.05) is 0 Å². The zero-order valence-corrected chi connectivity index (χ0v) is 13.2. The summed E-state index contributed by atoms with van der Waals surface area (Å²) in [6.45, 7) is 2.36. The second-order valence-electron chi connectivity index (χ2n) is 5.94. The molecule has 23 heavy (non-hydrogen) atoms. The van der Waals surface area contributed by atoms with Crippen LogP contribution in [-0.2, 0) is 13.6 Å². The van der Waals surface area contributed by atoms with Gasteiger partial charge in [0.2, 0.25) is 0 Å². The molecule has 0 saturated carbocycles. The molecule has 1 N–H and O–H groups in total. The summed E-state index contributed by atoms with van der Waals surface area (Å²) >= 11 is 0. The van der Waals surface area contributed by atoms with E-state index in [1.165, 1.54) is 6.07 Å². The number of nitrogens with one attached hydrogen (secondary N) is 1. The molecule has 1 fully saturated rings. The summed E-state index contributed by atoms with van der Waals surface area (Å²) in [5.74, 6) is -0.323. The van der Waals surface area contributed by atoms with Crippen molar-refractivity contribution in [1.29, 1.82) is 5.26 Å². The van der Waals surface area contributed by atoms with Crippen LogP contribution in [0.1, 0.15) is 24.1 Å². The minimum Gasteiger partial charge on any atom is -0.368 e. The van der Waals surface area contributed by atoms with Gasteiger partial charge in [0.05, 0.1) is 29.3 Å². The number of rotatable bonds is 4. The van der Waals surface area contributed by atoms with Crippen LogP contribution in [-0.4, -0.2) is 28.7 Å². The smallest absolute Gasteiger partial charge is 0.147 e. The van der Waals surface area contributed by atoms with Crippen LogP contribution in [0.3, 0.4) is 0 Å².